The number of ether oxygens (including phenoxy) is 3. The Morgan fingerprint density at radius 3 is 2.35 bits per heavy atom. The van der Waals surface area contributed by atoms with E-state index in [2.05, 4.69) is 20.9 Å². The lowest BCUT2D eigenvalue weighted by Crippen LogP contribution is -2.58. The minimum absolute atomic E-state index is 0.0288. The summed E-state index contributed by atoms with van der Waals surface area (Å²) in [5, 5.41) is 19.6. The first-order valence-electron chi connectivity index (χ1n) is 22.6. The predicted molar refractivity (Wildman–Crippen MR) is 262 cm³/mol. The lowest BCUT2D eigenvalue weighted by Gasteiger charge is -2.35. The molecule has 1 fully saturated rings. The molecule has 0 bridgehead atoms. The van der Waals surface area contributed by atoms with Crippen LogP contribution < -0.4 is 25.4 Å². The van der Waals surface area contributed by atoms with Crippen molar-refractivity contribution in [3.8, 4) is 55.6 Å². The summed E-state index contributed by atoms with van der Waals surface area (Å²) in [6.07, 6.45) is -0.724. The van der Waals surface area contributed by atoms with E-state index in [4.69, 9.17) is 19.2 Å². The molecule has 14 nitrogen and oxygen atoms in total. The largest absolute Gasteiger partial charge is 0.493 e. The number of β-amino-alcohol motifs (C(OH)–C–C–N with tert-alkyl or cyclic N) is 1. The number of nitrogens with one attached hydrogen (secondary N) is 3. The molecule has 352 valence electrons. The summed E-state index contributed by atoms with van der Waals surface area (Å²) < 4.78 is 17.6. The van der Waals surface area contributed by atoms with Gasteiger partial charge in [0, 0.05) is 24.1 Å². The number of rotatable bonds is 15. The van der Waals surface area contributed by atoms with Crippen LogP contribution in [-0.4, -0.2) is 95.3 Å². The first kappa shape index (κ1) is 47.5. The van der Waals surface area contributed by atoms with Crippen LogP contribution in [0.15, 0.2) is 109 Å². The molecule has 4 aromatic carbocycles. The lowest BCUT2D eigenvalue weighted by molar-refractivity contribution is -0.144. The monoisotopic (exact) mass is 936 g/mol. The van der Waals surface area contributed by atoms with Crippen molar-refractivity contribution in [2.24, 2.45) is 5.41 Å². The first-order chi connectivity index (χ1) is 32.7. The Labute approximate surface area is 400 Å². The molecule has 4 heterocycles. The lowest BCUT2D eigenvalue weighted by atomic mass is 9.85. The summed E-state index contributed by atoms with van der Waals surface area (Å²) in [7, 11) is 1.55. The van der Waals surface area contributed by atoms with Crippen LogP contribution in [-0.2, 0) is 30.3 Å². The van der Waals surface area contributed by atoms with Gasteiger partial charge < -0.3 is 40.2 Å². The summed E-state index contributed by atoms with van der Waals surface area (Å²) in [5.74, 6) is -0.620. The Morgan fingerprint density at radius 2 is 1.63 bits per heavy atom. The Balaban J connectivity index is 0.905. The maximum Gasteiger partial charge on any atom is 0.246 e. The van der Waals surface area contributed by atoms with Gasteiger partial charge in [0.15, 0.2) is 11.5 Å². The van der Waals surface area contributed by atoms with Gasteiger partial charge in [-0.3, -0.25) is 19.2 Å². The Hall–Kier alpha value is -6.94. The molecule has 2 aliphatic heterocycles. The number of aliphatic hydroxyl groups excluding tert-OH is 1. The SMILES string of the molecule is COc1ccc(-c2cc(-c3ccccc3)nc3c2CC(=O)Nc2ccccc2-3)cc1OCCOCC(=O)N[C@H](C(=O)N1C[C@H](O)C[C@H]1C(=O)N[C@@H](C)c1ccc(-c2scnc2C)cc1)C(C)(C)C. The van der Waals surface area contributed by atoms with E-state index < -0.39 is 35.4 Å². The number of nitrogens with zero attached hydrogens (tertiary/aromatic N) is 3. The summed E-state index contributed by atoms with van der Waals surface area (Å²) in [4.78, 5) is 66.5. The van der Waals surface area contributed by atoms with Gasteiger partial charge in [-0.25, -0.2) is 9.97 Å². The second-order valence-corrected chi connectivity index (χ2v) is 19.0. The third kappa shape index (κ3) is 10.6. The minimum atomic E-state index is -1.02. The van der Waals surface area contributed by atoms with Crippen LogP contribution in [0.5, 0.6) is 11.5 Å². The Kier molecular flexibility index (Phi) is 14.3. The van der Waals surface area contributed by atoms with Crippen molar-refractivity contribution in [1.82, 2.24) is 25.5 Å². The summed E-state index contributed by atoms with van der Waals surface area (Å²) in [5.41, 5.74) is 10.2. The number of hydrogen-bond acceptors (Lipinski definition) is 11. The van der Waals surface area contributed by atoms with E-state index in [-0.39, 0.29) is 57.1 Å². The molecule has 6 aromatic rings. The van der Waals surface area contributed by atoms with Gasteiger partial charge in [0.1, 0.15) is 25.3 Å². The van der Waals surface area contributed by atoms with E-state index in [1.807, 2.05) is 137 Å². The van der Waals surface area contributed by atoms with Crippen molar-refractivity contribution in [1.29, 1.82) is 0 Å². The summed E-state index contributed by atoms with van der Waals surface area (Å²) in [6.45, 7) is 9.00. The second-order valence-electron chi connectivity index (χ2n) is 18.2. The van der Waals surface area contributed by atoms with E-state index in [0.717, 1.165) is 55.2 Å². The van der Waals surface area contributed by atoms with Gasteiger partial charge in [-0.2, -0.15) is 0 Å². The van der Waals surface area contributed by atoms with Gasteiger partial charge in [-0.15, -0.1) is 11.3 Å². The van der Waals surface area contributed by atoms with E-state index in [1.54, 1.807) is 24.5 Å². The topological polar surface area (TPSA) is 181 Å². The smallest absolute Gasteiger partial charge is 0.246 e. The van der Waals surface area contributed by atoms with Crippen LogP contribution in [0.25, 0.3) is 44.1 Å². The Bertz CT molecular complexity index is 2810. The third-order valence-electron chi connectivity index (χ3n) is 12.2. The molecule has 2 aliphatic rings. The third-order valence-corrected chi connectivity index (χ3v) is 13.2. The van der Waals surface area contributed by atoms with Crippen LogP contribution in [0, 0.1) is 12.3 Å². The highest BCUT2D eigenvalue weighted by atomic mass is 32.1. The Morgan fingerprint density at radius 1 is 0.897 bits per heavy atom. The van der Waals surface area contributed by atoms with Gasteiger partial charge in [-0.1, -0.05) is 99.6 Å². The molecular weight excluding hydrogens is 881 g/mol. The maximum atomic E-state index is 14.2. The maximum absolute atomic E-state index is 14.2. The molecule has 0 saturated carbocycles. The number of fused-ring (bicyclic) bond motifs is 3. The summed E-state index contributed by atoms with van der Waals surface area (Å²) >= 11 is 1.57. The second kappa shape index (κ2) is 20.5. The normalized spacial score (nSPS) is 16.4. The summed E-state index contributed by atoms with van der Waals surface area (Å²) in [6, 6.07) is 30.7. The van der Waals surface area contributed by atoms with Crippen molar-refractivity contribution < 1.29 is 38.5 Å². The average molecular weight is 937 g/mol. The molecule has 8 rings (SSSR count). The fourth-order valence-electron chi connectivity index (χ4n) is 8.69. The average Bonchev–Trinajstić information content (AvgIpc) is 3.91. The van der Waals surface area contributed by atoms with Crippen molar-refractivity contribution in [2.75, 3.05) is 38.8 Å². The zero-order valence-electron chi connectivity index (χ0n) is 39.0. The van der Waals surface area contributed by atoms with E-state index in [0.29, 0.717) is 22.9 Å². The van der Waals surface area contributed by atoms with Crippen LogP contribution in [0.4, 0.5) is 5.69 Å². The molecule has 0 radical (unpaired) electrons. The number of carbonyl (C=O) groups is 4. The highest BCUT2D eigenvalue weighted by Crippen LogP contribution is 2.42. The number of amides is 4. The van der Waals surface area contributed by atoms with Crippen molar-refractivity contribution in [3.63, 3.8) is 0 Å². The number of para-hydroxylation sites is 1. The zero-order chi connectivity index (χ0) is 48.1. The molecule has 0 aliphatic carbocycles. The number of benzene rings is 4. The molecule has 0 unspecified atom stereocenters. The number of thiazole rings is 1. The van der Waals surface area contributed by atoms with Crippen LogP contribution in [0.2, 0.25) is 0 Å². The molecule has 2 aromatic heterocycles. The number of likely N-dealkylation sites (tertiary alicyclic amines) is 1. The molecular formula is C53H56N6O8S. The van der Waals surface area contributed by atoms with E-state index in [9.17, 15) is 24.3 Å². The molecule has 0 spiro atoms. The highest BCUT2D eigenvalue weighted by Gasteiger charge is 2.44. The van der Waals surface area contributed by atoms with Gasteiger partial charge >= 0.3 is 0 Å². The van der Waals surface area contributed by atoms with Gasteiger partial charge in [0.25, 0.3) is 0 Å². The number of aliphatic hydroxyl groups is 1. The van der Waals surface area contributed by atoms with E-state index >= 15 is 0 Å². The fraction of sp³-hybridized carbons (Fsp3) is 0.321. The predicted octanol–water partition coefficient (Wildman–Crippen LogP) is 7.78. The standard InChI is InChI=1S/C53H56N6O8S/c1-31(33-16-18-35(19-17-33)49-32(2)54-30-68-49)55-51(63)43-25-37(60)28-59(43)52(64)50(53(3,4)5)58-47(62)29-66-22-23-67-45-24-36(20-21-44(45)65-6)39-26-42(34-12-8-7-9-13-34)57-48-38-14-10-11-15-41(38)56-46(61)27-40(39)48/h7-21,24,26,30-31,37,43,50,60H,22-23,25,27-29H2,1-6H3,(H,55,63)(H,56,61)(H,58,62)/t31-,37+,43-,50+/m0/s1. The molecule has 4 amide bonds. The van der Waals surface area contributed by atoms with Crippen LogP contribution in [0.1, 0.15) is 57.0 Å². The number of anilines is 1. The number of carbonyl (C=O) groups excluding carboxylic acids is 4. The molecule has 4 atom stereocenters. The molecule has 1 saturated heterocycles. The number of pyridine rings is 1. The van der Waals surface area contributed by atoms with Crippen molar-refractivity contribution in [3.05, 3.63) is 125 Å². The van der Waals surface area contributed by atoms with Gasteiger partial charge in [0.2, 0.25) is 23.6 Å². The number of methoxy groups -OCH3 is 1. The van der Waals surface area contributed by atoms with Crippen molar-refractivity contribution in [2.45, 2.75) is 71.7 Å². The quantitative estimate of drug-likeness (QED) is 0.0743. The zero-order valence-corrected chi connectivity index (χ0v) is 39.8. The first-order valence-corrected chi connectivity index (χ1v) is 23.5. The van der Waals surface area contributed by atoms with E-state index in [1.165, 1.54) is 4.90 Å². The fourth-order valence-corrected chi connectivity index (χ4v) is 9.50. The van der Waals surface area contributed by atoms with Gasteiger partial charge in [0.05, 0.1) is 65.4 Å². The number of aromatic nitrogens is 2. The van der Waals surface area contributed by atoms with Gasteiger partial charge in [-0.05, 0) is 71.3 Å². The number of hydrogen-bond donors (Lipinski definition) is 4. The molecule has 68 heavy (non-hydrogen) atoms. The van der Waals surface area contributed by atoms with Crippen LogP contribution >= 0.6 is 11.3 Å². The van der Waals surface area contributed by atoms with Crippen LogP contribution in [0.3, 0.4) is 0 Å². The molecule has 4 N–H and O–H groups in total. The highest BCUT2D eigenvalue weighted by molar-refractivity contribution is 7.13. The van der Waals surface area contributed by atoms with Crippen molar-refractivity contribution >= 4 is 40.7 Å². The number of aryl methyl sites for hydroxylation is 1. The minimum Gasteiger partial charge on any atom is -0.493 e. The molecule has 15 heteroatoms.